The first-order chi connectivity index (χ1) is 8.76. The van der Waals surface area contributed by atoms with E-state index in [0.717, 1.165) is 5.56 Å². The summed E-state index contributed by atoms with van der Waals surface area (Å²) in [6, 6.07) is 2.84. The Balaban J connectivity index is 2.88. The lowest BCUT2D eigenvalue weighted by molar-refractivity contribution is -0.384. The summed E-state index contributed by atoms with van der Waals surface area (Å²) in [4.78, 5) is 10.3. The van der Waals surface area contributed by atoms with Gasteiger partial charge in [-0.25, -0.2) is 0 Å². The van der Waals surface area contributed by atoms with Gasteiger partial charge in [-0.2, -0.15) is 0 Å². The van der Waals surface area contributed by atoms with E-state index in [1.807, 2.05) is 13.8 Å². The van der Waals surface area contributed by atoms with Crippen LogP contribution in [0.1, 0.15) is 25.8 Å². The summed E-state index contributed by atoms with van der Waals surface area (Å²) in [5, 5.41) is 23.2. The van der Waals surface area contributed by atoms with Gasteiger partial charge in [0.05, 0.1) is 15.6 Å². The van der Waals surface area contributed by atoms with Gasteiger partial charge < -0.3 is 10.4 Å². The van der Waals surface area contributed by atoms with E-state index in [9.17, 15) is 10.1 Å². The van der Waals surface area contributed by atoms with Crippen LogP contribution >= 0.6 is 11.6 Å². The highest BCUT2D eigenvalue weighted by Gasteiger charge is 2.19. The highest BCUT2D eigenvalue weighted by Crippen LogP contribution is 2.32. The summed E-state index contributed by atoms with van der Waals surface area (Å²) in [5.74, 6) is 0. The van der Waals surface area contributed by atoms with Gasteiger partial charge in [0.2, 0.25) is 0 Å². The number of nitrogens with zero attached hydrogens (tertiary/aromatic N) is 1. The van der Waals surface area contributed by atoms with E-state index in [-0.39, 0.29) is 17.7 Å². The van der Waals surface area contributed by atoms with Crippen LogP contribution in [0.2, 0.25) is 5.02 Å². The van der Waals surface area contributed by atoms with Crippen LogP contribution in [0.25, 0.3) is 0 Å². The van der Waals surface area contributed by atoms with Gasteiger partial charge in [-0.05, 0) is 24.3 Å². The Labute approximate surface area is 117 Å². The smallest absolute Gasteiger partial charge is 0.271 e. The Hall–Kier alpha value is -1.33. The largest absolute Gasteiger partial charge is 0.396 e. The molecule has 0 fully saturated rings. The second kappa shape index (κ2) is 6.21. The van der Waals surface area contributed by atoms with Crippen LogP contribution in [-0.4, -0.2) is 23.2 Å². The highest BCUT2D eigenvalue weighted by molar-refractivity contribution is 6.33. The summed E-state index contributed by atoms with van der Waals surface area (Å²) < 4.78 is 0. The van der Waals surface area contributed by atoms with Crippen molar-refractivity contribution in [2.75, 3.05) is 18.5 Å². The lowest BCUT2D eigenvalue weighted by atomic mass is 9.89. The minimum atomic E-state index is -0.460. The second-order valence-corrected chi connectivity index (χ2v) is 5.78. The maximum Gasteiger partial charge on any atom is 0.271 e. The molecule has 0 spiro atoms. The number of nitro groups is 1. The number of aryl methyl sites for hydroxylation is 1. The Bertz CT molecular complexity index is 452. The zero-order chi connectivity index (χ0) is 14.6. The highest BCUT2D eigenvalue weighted by atomic mass is 35.5. The number of aliphatic hydroxyl groups excluding tert-OH is 1. The van der Waals surface area contributed by atoms with E-state index in [1.165, 1.54) is 12.1 Å². The molecule has 6 heteroatoms. The molecule has 0 radical (unpaired) electrons. The standard InChI is InChI=1S/C13H19ClN2O3/c1-9-6-10(16(18)19)7-11(14)12(9)15-8-13(2,3)4-5-17/h6-7,15,17H,4-5,8H2,1-3H3. The van der Waals surface area contributed by atoms with Gasteiger partial charge in [0, 0.05) is 25.3 Å². The van der Waals surface area contributed by atoms with Crippen molar-refractivity contribution in [2.45, 2.75) is 27.2 Å². The molecule has 1 aromatic rings. The first-order valence-electron chi connectivity index (χ1n) is 6.06. The van der Waals surface area contributed by atoms with Crippen LogP contribution < -0.4 is 5.32 Å². The molecule has 0 unspecified atom stereocenters. The molecule has 0 aliphatic heterocycles. The minimum absolute atomic E-state index is 0.0114. The molecule has 5 nitrogen and oxygen atoms in total. The molecule has 1 rings (SSSR count). The molecule has 1 aromatic carbocycles. The average molecular weight is 287 g/mol. The van der Waals surface area contributed by atoms with Crippen molar-refractivity contribution in [2.24, 2.45) is 5.41 Å². The van der Waals surface area contributed by atoms with Crippen molar-refractivity contribution >= 4 is 23.0 Å². The van der Waals surface area contributed by atoms with E-state index in [0.29, 0.717) is 23.7 Å². The summed E-state index contributed by atoms with van der Waals surface area (Å²) in [6.45, 7) is 6.60. The molecule has 0 heterocycles. The van der Waals surface area contributed by atoms with Crippen molar-refractivity contribution in [3.8, 4) is 0 Å². The van der Waals surface area contributed by atoms with E-state index >= 15 is 0 Å². The Kier molecular flexibility index (Phi) is 5.14. The second-order valence-electron chi connectivity index (χ2n) is 5.37. The van der Waals surface area contributed by atoms with Crippen LogP contribution in [0.3, 0.4) is 0 Å². The predicted octanol–water partition coefficient (Wildman–Crippen LogP) is 3.38. The number of hydrogen-bond acceptors (Lipinski definition) is 4. The lowest BCUT2D eigenvalue weighted by Crippen LogP contribution is -2.24. The van der Waals surface area contributed by atoms with Crippen molar-refractivity contribution < 1.29 is 10.0 Å². The number of anilines is 1. The molecule has 0 aromatic heterocycles. The van der Waals surface area contributed by atoms with Gasteiger partial charge in [0.25, 0.3) is 5.69 Å². The van der Waals surface area contributed by atoms with E-state index in [4.69, 9.17) is 16.7 Å². The molecule has 0 atom stereocenters. The van der Waals surface area contributed by atoms with Gasteiger partial charge in [-0.15, -0.1) is 0 Å². The summed E-state index contributed by atoms with van der Waals surface area (Å²) in [7, 11) is 0. The third-order valence-electron chi connectivity index (χ3n) is 3.02. The normalized spacial score (nSPS) is 11.4. The molecular weight excluding hydrogens is 268 g/mol. The predicted molar refractivity (Wildman–Crippen MR) is 76.8 cm³/mol. The number of aliphatic hydroxyl groups is 1. The summed E-state index contributed by atoms with van der Waals surface area (Å²) >= 11 is 6.07. The van der Waals surface area contributed by atoms with Crippen molar-refractivity contribution in [1.29, 1.82) is 0 Å². The molecule has 0 amide bonds. The third-order valence-corrected chi connectivity index (χ3v) is 3.31. The Morgan fingerprint density at radius 2 is 2.11 bits per heavy atom. The average Bonchev–Trinajstić information content (AvgIpc) is 2.27. The minimum Gasteiger partial charge on any atom is -0.396 e. The lowest BCUT2D eigenvalue weighted by Gasteiger charge is -2.25. The van der Waals surface area contributed by atoms with Crippen molar-refractivity contribution in [3.05, 3.63) is 32.8 Å². The number of halogens is 1. The number of non-ortho nitro benzene ring substituents is 1. The fourth-order valence-electron chi connectivity index (χ4n) is 1.77. The van der Waals surface area contributed by atoms with Crippen LogP contribution in [0.15, 0.2) is 12.1 Å². The number of nitrogens with one attached hydrogen (secondary N) is 1. The topological polar surface area (TPSA) is 75.4 Å². The summed E-state index contributed by atoms with van der Waals surface area (Å²) in [5.41, 5.74) is 1.35. The number of rotatable bonds is 6. The van der Waals surface area contributed by atoms with Gasteiger partial charge in [-0.1, -0.05) is 25.4 Å². The van der Waals surface area contributed by atoms with Gasteiger partial charge in [0.15, 0.2) is 0 Å². The zero-order valence-corrected chi connectivity index (χ0v) is 12.1. The van der Waals surface area contributed by atoms with Gasteiger partial charge >= 0.3 is 0 Å². The fourth-order valence-corrected chi connectivity index (χ4v) is 2.10. The quantitative estimate of drug-likeness (QED) is 0.621. The first-order valence-corrected chi connectivity index (χ1v) is 6.44. The molecule has 0 bridgehead atoms. The van der Waals surface area contributed by atoms with Gasteiger partial charge in [0.1, 0.15) is 0 Å². The van der Waals surface area contributed by atoms with Crippen LogP contribution in [0.5, 0.6) is 0 Å². The van der Waals surface area contributed by atoms with E-state index in [2.05, 4.69) is 5.32 Å². The van der Waals surface area contributed by atoms with E-state index < -0.39 is 4.92 Å². The maximum atomic E-state index is 10.7. The number of hydrogen-bond donors (Lipinski definition) is 2. The molecule has 0 aliphatic carbocycles. The Morgan fingerprint density at radius 3 is 2.58 bits per heavy atom. The molecule has 0 saturated carbocycles. The monoisotopic (exact) mass is 286 g/mol. The number of nitro benzene ring substituents is 1. The van der Waals surface area contributed by atoms with Crippen molar-refractivity contribution in [3.63, 3.8) is 0 Å². The van der Waals surface area contributed by atoms with Crippen LogP contribution in [0.4, 0.5) is 11.4 Å². The van der Waals surface area contributed by atoms with Crippen LogP contribution in [0, 0.1) is 22.5 Å². The maximum absolute atomic E-state index is 10.7. The fraction of sp³-hybridized carbons (Fsp3) is 0.538. The Morgan fingerprint density at radius 1 is 1.47 bits per heavy atom. The zero-order valence-electron chi connectivity index (χ0n) is 11.4. The number of benzene rings is 1. The summed E-state index contributed by atoms with van der Waals surface area (Å²) in [6.07, 6.45) is 0.670. The van der Waals surface area contributed by atoms with Crippen LogP contribution in [-0.2, 0) is 0 Å². The van der Waals surface area contributed by atoms with Crippen molar-refractivity contribution in [1.82, 2.24) is 0 Å². The third kappa shape index (κ3) is 4.36. The van der Waals surface area contributed by atoms with Gasteiger partial charge in [-0.3, -0.25) is 10.1 Å². The first kappa shape index (κ1) is 15.7. The molecule has 0 saturated heterocycles. The molecule has 106 valence electrons. The SMILES string of the molecule is Cc1cc([N+](=O)[O-])cc(Cl)c1NCC(C)(C)CCO. The molecule has 0 aliphatic rings. The molecule has 2 N–H and O–H groups in total. The van der Waals surface area contributed by atoms with E-state index in [1.54, 1.807) is 6.92 Å². The molecule has 19 heavy (non-hydrogen) atoms. The molecular formula is C13H19ClN2O3.